The van der Waals surface area contributed by atoms with Crippen molar-refractivity contribution in [1.82, 2.24) is 0 Å². The van der Waals surface area contributed by atoms with Crippen LogP contribution in [-0.4, -0.2) is 27.1 Å². The fraction of sp³-hybridized carbons (Fsp3) is 0.381. The van der Waals surface area contributed by atoms with Gasteiger partial charge in [0.05, 0.1) is 21.3 Å². The molecule has 140 valence electrons. The summed E-state index contributed by atoms with van der Waals surface area (Å²) in [4.78, 5) is 12.0. The molecule has 4 nitrogen and oxygen atoms in total. The highest BCUT2D eigenvalue weighted by atomic mass is 31.1. The lowest BCUT2D eigenvalue weighted by atomic mass is 9.95. The van der Waals surface area contributed by atoms with Crippen LogP contribution in [0.1, 0.15) is 43.1 Å². The highest BCUT2D eigenvalue weighted by Crippen LogP contribution is 2.51. The summed E-state index contributed by atoms with van der Waals surface area (Å²) in [5.41, 5.74) is 1.80. The fourth-order valence-corrected chi connectivity index (χ4v) is 4.67. The predicted octanol–water partition coefficient (Wildman–Crippen LogP) is 4.54. The maximum absolute atomic E-state index is 12.0. The summed E-state index contributed by atoms with van der Waals surface area (Å²) in [5, 5.41) is 0.840. The third-order valence-corrected chi connectivity index (χ3v) is 6.59. The maximum atomic E-state index is 12.0. The van der Waals surface area contributed by atoms with Gasteiger partial charge in [0, 0.05) is 22.3 Å². The SMILES string of the molecule is CCC(C)(Pc1ccccc1C(C)=O)c1cc(OC)cc(OC)c1OC. The second kappa shape index (κ2) is 8.55. The number of benzene rings is 2. The molecule has 0 N–H and O–H groups in total. The second-order valence-electron chi connectivity index (χ2n) is 6.32. The van der Waals surface area contributed by atoms with Crippen molar-refractivity contribution in [2.24, 2.45) is 0 Å². The molecule has 0 fully saturated rings. The first-order valence-electron chi connectivity index (χ1n) is 8.58. The zero-order valence-electron chi connectivity index (χ0n) is 16.3. The summed E-state index contributed by atoms with van der Waals surface area (Å²) in [6, 6.07) is 11.6. The van der Waals surface area contributed by atoms with Crippen molar-refractivity contribution in [2.75, 3.05) is 21.3 Å². The molecule has 2 atom stereocenters. The fourth-order valence-electron chi connectivity index (χ4n) is 3.01. The normalized spacial score (nSPS) is 13.5. The predicted molar refractivity (Wildman–Crippen MR) is 108 cm³/mol. The van der Waals surface area contributed by atoms with Crippen molar-refractivity contribution in [2.45, 2.75) is 32.3 Å². The molecule has 0 saturated heterocycles. The minimum Gasteiger partial charge on any atom is -0.497 e. The van der Waals surface area contributed by atoms with E-state index in [-0.39, 0.29) is 10.9 Å². The van der Waals surface area contributed by atoms with Gasteiger partial charge in [-0.2, -0.15) is 0 Å². The van der Waals surface area contributed by atoms with Crippen molar-refractivity contribution in [3.8, 4) is 17.2 Å². The molecule has 0 heterocycles. The average Bonchev–Trinajstić information content (AvgIpc) is 2.66. The third-order valence-electron chi connectivity index (χ3n) is 4.71. The van der Waals surface area contributed by atoms with E-state index in [9.17, 15) is 4.79 Å². The highest BCUT2D eigenvalue weighted by Gasteiger charge is 2.32. The summed E-state index contributed by atoms with van der Waals surface area (Å²) in [6.07, 6.45) is 0.879. The zero-order valence-corrected chi connectivity index (χ0v) is 17.3. The van der Waals surface area contributed by atoms with Crippen LogP contribution in [0.4, 0.5) is 0 Å². The van der Waals surface area contributed by atoms with Gasteiger partial charge in [-0.3, -0.25) is 4.79 Å². The number of carbonyl (C=O) groups excluding carboxylic acids is 1. The van der Waals surface area contributed by atoms with Gasteiger partial charge in [0.15, 0.2) is 17.3 Å². The molecule has 0 aromatic heterocycles. The molecule has 0 bridgehead atoms. The molecule has 0 aliphatic heterocycles. The number of methoxy groups -OCH3 is 3. The van der Waals surface area contributed by atoms with Crippen molar-refractivity contribution in [3.63, 3.8) is 0 Å². The number of carbonyl (C=O) groups is 1. The van der Waals surface area contributed by atoms with Gasteiger partial charge in [-0.1, -0.05) is 46.7 Å². The van der Waals surface area contributed by atoms with E-state index < -0.39 is 0 Å². The van der Waals surface area contributed by atoms with E-state index in [1.165, 1.54) is 0 Å². The Kier molecular flexibility index (Phi) is 6.66. The largest absolute Gasteiger partial charge is 0.497 e. The topological polar surface area (TPSA) is 44.8 Å². The van der Waals surface area contributed by atoms with Crippen LogP contribution in [0, 0.1) is 0 Å². The molecule has 2 unspecified atom stereocenters. The van der Waals surface area contributed by atoms with Gasteiger partial charge >= 0.3 is 0 Å². The monoisotopic (exact) mass is 374 g/mol. The minimum atomic E-state index is -0.223. The Balaban J connectivity index is 2.61. The molecule has 0 amide bonds. The first kappa shape index (κ1) is 20.3. The van der Waals surface area contributed by atoms with Crippen LogP contribution in [0.2, 0.25) is 0 Å². The lowest BCUT2D eigenvalue weighted by Crippen LogP contribution is -2.22. The Labute approximate surface area is 157 Å². The van der Waals surface area contributed by atoms with Gasteiger partial charge in [-0.15, -0.1) is 0 Å². The molecule has 2 aromatic carbocycles. The van der Waals surface area contributed by atoms with Crippen LogP contribution in [0.25, 0.3) is 0 Å². The van der Waals surface area contributed by atoms with E-state index in [2.05, 4.69) is 13.8 Å². The van der Waals surface area contributed by atoms with Crippen LogP contribution < -0.4 is 19.5 Å². The third kappa shape index (κ3) is 4.02. The highest BCUT2D eigenvalue weighted by molar-refractivity contribution is 7.48. The summed E-state index contributed by atoms with van der Waals surface area (Å²) in [5.74, 6) is 2.17. The molecule has 0 aliphatic rings. The van der Waals surface area contributed by atoms with Gasteiger partial charge in [-0.05, 0) is 24.7 Å². The Morgan fingerprint density at radius 3 is 2.31 bits per heavy atom. The van der Waals surface area contributed by atoms with E-state index in [0.29, 0.717) is 20.1 Å². The van der Waals surface area contributed by atoms with E-state index in [1.54, 1.807) is 28.3 Å². The summed E-state index contributed by atoms with van der Waals surface area (Å²) in [7, 11) is 5.31. The van der Waals surface area contributed by atoms with Crippen LogP contribution in [0.5, 0.6) is 17.2 Å². The van der Waals surface area contributed by atoms with E-state index in [4.69, 9.17) is 14.2 Å². The number of hydrogen-bond acceptors (Lipinski definition) is 4. The maximum Gasteiger partial charge on any atom is 0.165 e. The van der Waals surface area contributed by atoms with Crippen molar-refractivity contribution < 1.29 is 19.0 Å². The molecule has 0 saturated carbocycles. The molecular formula is C21H27O4P. The van der Waals surface area contributed by atoms with Crippen molar-refractivity contribution in [1.29, 1.82) is 0 Å². The smallest absolute Gasteiger partial charge is 0.165 e. The van der Waals surface area contributed by atoms with Crippen molar-refractivity contribution >= 4 is 19.7 Å². The van der Waals surface area contributed by atoms with Crippen molar-refractivity contribution in [3.05, 3.63) is 47.5 Å². The van der Waals surface area contributed by atoms with Gasteiger partial charge in [-0.25, -0.2) is 0 Å². The second-order valence-corrected chi connectivity index (χ2v) is 8.22. The van der Waals surface area contributed by atoms with E-state index in [1.807, 2.05) is 36.4 Å². The Morgan fingerprint density at radius 1 is 1.08 bits per heavy atom. The van der Waals surface area contributed by atoms with Crippen LogP contribution in [0.15, 0.2) is 36.4 Å². The summed E-state index contributed by atoms with van der Waals surface area (Å²) < 4.78 is 16.7. The molecule has 0 aliphatic carbocycles. The first-order valence-corrected chi connectivity index (χ1v) is 9.58. The Morgan fingerprint density at radius 2 is 1.77 bits per heavy atom. The van der Waals surface area contributed by atoms with Crippen LogP contribution in [0.3, 0.4) is 0 Å². The van der Waals surface area contributed by atoms with Gasteiger partial charge in [0.25, 0.3) is 0 Å². The van der Waals surface area contributed by atoms with Crippen LogP contribution >= 0.6 is 8.58 Å². The molecule has 26 heavy (non-hydrogen) atoms. The molecule has 2 aromatic rings. The molecule has 5 heteroatoms. The lowest BCUT2D eigenvalue weighted by Gasteiger charge is -2.32. The summed E-state index contributed by atoms with van der Waals surface area (Å²) in [6.45, 7) is 5.95. The number of Topliss-reactive ketones (excluding diaryl/α,β-unsaturated/α-hetero) is 1. The Bertz CT molecular complexity index is 788. The molecule has 0 radical (unpaired) electrons. The van der Waals surface area contributed by atoms with Gasteiger partial charge in [0.1, 0.15) is 5.75 Å². The van der Waals surface area contributed by atoms with Gasteiger partial charge < -0.3 is 14.2 Å². The van der Waals surface area contributed by atoms with Gasteiger partial charge in [0.2, 0.25) is 0 Å². The number of hydrogen-bond donors (Lipinski definition) is 0. The number of rotatable bonds is 8. The summed E-state index contributed by atoms with van der Waals surface area (Å²) >= 11 is 0. The quantitative estimate of drug-likeness (QED) is 0.502. The zero-order chi connectivity index (χ0) is 19.3. The minimum absolute atomic E-state index is 0.0849. The number of ether oxygens (including phenoxy) is 3. The first-order chi connectivity index (χ1) is 12.4. The number of ketones is 1. The average molecular weight is 374 g/mol. The molecule has 0 spiro atoms. The van der Waals surface area contributed by atoms with E-state index >= 15 is 0 Å². The van der Waals surface area contributed by atoms with Crippen LogP contribution in [-0.2, 0) is 5.16 Å². The molecular weight excluding hydrogens is 347 g/mol. The van der Waals surface area contributed by atoms with E-state index in [0.717, 1.165) is 28.6 Å². The molecule has 2 rings (SSSR count). The standard InChI is InChI=1S/C21H27O4P/c1-7-21(3,26-19-11-9-8-10-16(19)14(2)22)17-12-15(23-4)13-18(24-5)20(17)25-6/h8-13,26H,7H2,1-6H3. The lowest BCUT2D eigenvalue weighted by molar-refractivity contribution is 0.101. The Hall–Kier alpha value is -2.06.